The van der Waals surface area contributed by atoms with E-state index in [1.54, 1.807) is 7.11 Å². The van der Waals surface area contributed by atoms with Crippen molar-refractivity contribution in [1.82, 2.24) is 0 Å². The summed E-state index contributed by atoms with van der Waals surface area (Å²) in [7, 11) is 1.71. The minimum atomic E-state index is 0.945. The number of fused-ring (bicyclic) bond motifs is 1. The lowest BCUT2D eigenvalue weighted by atomic mass is 10.1. The predicted molar refractivity (Wildman–Crippen MR) is 56.3 cm³/mol. The first kappa shape index (κ1) is 8.70. The van der Waals surface area contributed by atoms with Gasteiger partial charge in [0.15, 0.2) is 0 Å². The van der Waals surface area contributed by atoms with Crippen LogP contribution in [0.1, 0.15) is 12.5 Å². The molecule has 68 valence electrons. The highest BCUT2D eigenvalue weighted by atomic mass is 32.2. The van der Waals surface area contributed by atoms with Gasteiger partial charge in [0.2, 0.25) is 0 Å². The van der Waals surface area contributed by atoms with Crippen LogP contribution in [0, 0.1) is 0 Å². The highest BCUT2D eigenvalue weighted by Gasteiger charge is 2.09. The molecular weight excluding hydrogens is 180 g/mol. The Morgan fingerprint density at radius 1 is 1.38 bits per heavy atom. The zero-order chi connectivity index (χ0) is 9.26. The molecule has 0 atom stereocenters. The standard InChI is InChI=1S/C11H12OS/c1-8-3-4-9-5-6-10(12-2)7-11(9)13-8/h3,5-7H,4H2,1-2H3. The molecule has 1 heterocycles. The van der Waals surface area contributed by atoms with Gasteiger partial charge >= 0.3 is 0 Å². The Bertz CT molecular complexity index is 355. The number of benzene rings is 1. The van der Waals surface area contributed by atoms with Crippen LogP contribution in [0.5, 0.6) is 5.75 Å². The van der Waals surface area contributed by atoms with Crippen LogP contribution in [-0.4, -0.2) is 7.11 Å². The van der Waals surface area contributed by atoms with Crippen LogP contribution in [0.15, 0.2) is 34.1 Å². The summed E-state index contributed by atoms with van der Waals surface area (Å²) in [5, 5.41) is 0. The van der Waals surface area contributed by atoms with Gasteiger partial charge in [-0.3, -0.25) is 0 Å². The van der Waals surface area contributed by atoms with Crippen LogP contribution in [0.25, 0.3) is 0 Å². The van der Waals surface area contributed by atoms with Gasteiger partial charge in [-0.1, -0.05) is 23.9 Å². The summed E-state index contributed by atoms with van der Waals surface area (Å²) in [6.07, 6.45) is 3.32. The van der Waals surface area contributed by atoms with Crippen LogP contribution in [0.3, 0.4) is 0 Å². The average Bonchev–Trinajstić information content (AvgIpc) is 2.16. The molecule has 1 aromatic rings. The largest absolute Gasteiger partial charge is 0.497 e. The quantitative estimate of drug-likeness (QED) is 0.675. The molecule has 0 saturated carbocycles. The second-order valence-electron chi connectivity index (χ2n) is 3.09. The van der Waals surface area contributed by atoms with Crippen molar-refractivity contribution < 1.29 is 4.74 Å². The van der Waals surface area contributed by atoms with Crippen molar-refractivity contribution in [2.24, 2.45) is 0 Å². The monoisotopic (exact) mass is 192 g/mol. The van der Waals surface area contributed by atoms with Gasteiger partial charge in [0.1, 0.15) is 5.75 Å². The first-order chi connectivity index (χ1) is 6.29. The molecule has 0 N–H and O–H groups in total. The molecule has 1 aliphatic heterocycles. The molecule has 1 aromatic carbocycles. The van der Waals surface area contributed by atoms with Crippen LogP contribution in [0.4, 0.5) is 0 Å². The fourth-order valence-corrected chi connectivity index (χ4v) is 2.37. The van der Waals surface area contributed by atoms with Crippen molar-refractivity contribution in [3.63, 3.8) is 0 Å². The lowest BCUT2D eigenvalue weighted by Crippen LogP contribution is -1.93. The Hall–Kier alpha value is -0.890. The van der Waals surface area contributed by atoms with Crippen molar-refractivity contribution in [3.05, 3.63) is 34.7 Å². The minimum Gasteiger partial charge on any atom is -0.497 e. The average molecular weight is 192 g/mol. The number of hydrogen-bond acceptors (Lipinski definition) is 2. The lowest BCUT2D eigenvalue weighted by molar-refractivity contribution is 0.413. The minimum absolute atomic E-state index is 0.945. The summed E-state index contributed by atoms with van der Waals surface area (Å²) in [6, 6.07) is 6.27. The highest BCUT2D eigenvalue weighted by molar-refractivity contribution is 8.03. The third kappa shape index (κ3) is 1.73. The second-order valence-corrected chi connectivity index (χ2v) is 4.38. The van der Waals surface area contributed by atoms with Gasteiger partial charge < -0.3 is 4.74 Å². The van der Waals surface area contributed by atoms with Crippen molar-refractivity contribution in [1.29, 1.82) is 0 Å². The number of rotatable bonds is 1. The van der Waals surface area contributed by atoms with E-state index in [0.29, 0.717) is 0 Å². The Labute approximate surface area is 82.8 Å². The Morgan fingerprint density at radius 2 is 2.23 bits per heavy atom. The summed E-state index contributed by atoms with van der Waals surface area (Å²) < 4.78 is 5.18. The van der Waals surface area contributed by atoms with E-state index in [2.05, 4.69) is 25.1 Å². The van der Waals surface area contributed by atoms with E-state index < -0.39 is 0 Å². The Balaban J connectivity index is 2.37. The second kappa shape index (κ2) is 3.46. The maximum atomic E-state index is 5.18. The molecule has 13 heavy (non-hydrogen) atoms. The van der Waals surface area contributed by atoms with Crippen LogP contribution in [-0.2, 0) is 6.42 Å². The topological polar surface area (TPSA) is 9.23 Å². The van der Waals surface area contributed by atoms with Gasteiger partial charge in [-0.25, -0.2) is 0 Å². The normalized spacial score (nSPS) is 14.8. The number of allylic oxidation sites excluding steroid dienone is 2. The van der Waals surface area contributed by atoms with Crippen LogP contribution < -0.4 is 4.74 Å². The van der Waals surface area contributed by atoms with Gasteiger partial charge in [-0.05, 0) is 35.9 Å². The molecule has 0 radical (unpaired) electrons. The van der Waals surface area contributed by atoms with E-state index in [9.17, 15) is 0 Å². The van der Waals surface area contributed by atoms with E-state index in [4.69, 9.17) is 4.74 Å². The molecule has 0 spiro atoms. The molecule has 0 bridgehead atoms. The van der Waals surface area contributed by atoms with E-state index in [-0.39, 0.29) is 0 Å². The van der Waals surface area contributed by atoms with E-state index >= 15 is 0 Å². The first-order valence-electron chi connectivity index (χ1n) is 4.31. The molecule has 2 heteroatoms. The maximum absolute atomic E-state index is 5.18. The molecule has 1 aliphatic rings. The van der Waals surface area contributed by atoms with Crippen LogP contribution in [0.2, 0.25) is 0 Å². The number of hydrogen-bond donors (Lipinski definition) is 0. The van der Waals surface area contributed by atoms with Crippen LogP contribution >= 0.6 is 11.8 Å². The number of thioether (sulfide) groups is 1. The lowest BCUT2D eigenvalue weighted by Gasteiger charge is -2.14. The molecular formula is C11H12OS. The Morgan fingerprint density at radius 3 is 3.00 bits per heavy atom. The van der Waals surface area contributed by atoms with Crippen molar-refractivity contribution in [3.8, 4) is 5.75 Å². The molecule has 0 unspecified atom stereocenters. The smallest absolute Gasteiger partial charge is 0.120 e. The van der Waals surface area contributed by atoms with E-state index in [0.717, 1.165) is 12.2 Å². The van der Waals surface area contributed by atoms with E-state index in [1.807, 2.05) is 17.8 Å². The first-order valence-corrected chi connectivity index (χ1v) is 5.13. The van der Waals surface area contributed by atoms with Gasteiger partial charge in [-0.2, -0.15) is 0 Å². The summed E-state index contributed by atoms with van der Waals surface area (Å²) in [4.78, 5) is 2.71. The molecule has 1 nitrogen and oxygen atoms in total. The molecule has 0 aliphatic carbocycles. The maximum Gasteiger partial charge on any atom is 0.120 e. The highest BCUT2D eigenvalue weighted by Crippen LogP contribution is 2.36. The SMILES string of the molecule is COc1ccc2c(c1)SC(C)=CC2. The van der Waals surface area contributed by atoms with Crippen molar-refractivity contribution in [2.75, 3.05) is 7.11 Å². The summed E-state index contributed by atoms with van der Waals surface area (Å²) in [5.74, 6) is 0.945. The number of methoxy groups -OCH3 is 1. The molecule has 0 aromatic heterocycles. The predicted octanol–water partition coefficient (Wildman–Crippen LogP) is 3.25. The van der Waals surface area contributed by atoms with Gasteiger partial charge in [0.25, 0.3) is 0 Å². The van der Waals surface area contributed by atoms with E-state index in [1.165, 1.54) is 15.4 Å². The molecule has 0 fully saturated rings. The fraction of sp³-hybridized carbons (Fsp3) is 0.273. The van der Waals surface area contributed by atoms with Crippen molar-refractivity contribution >= 4 is 11.8 Å². The molecule has 2 rings (SSSR count). The summed E-state index contributed by atoms with van der Waals surface area (Å²) >= 11 is 1.82. The zero-order valence-electron chi connectivity index (χ0n) is 7.83. The van der Waals surface area contributed by atoms with Gasteiger partial charge in [0.05, 0.1) is 7.11 Å². The van der Waals surface area contributed by atoms with Gasteiger partial charge in [-0.15, -0.1) is 0 Å². The Kier molecular flexibility index (Phi) is 2.32. The summed E-state index contributed by atoms with van der Waals surface area (Å²) in [6.45, 7) is 2.15. The van der Waals surface area contributed by atoms with Gasteiger partial charge in [0, 0.05) is 4.90 Å². The molecule has 0 amide bonds. The zero-order valence-corrected chi connectivity index (χ0v) is 8.65. The summed E-state index contributed by atoms with van der Waals surface area (Å²) in [5.41, 5.74) is 1.40. The third-order valence-corrected chi connectivity index (χ3v) is 3.24. The molecule has 0 saturated heterocycles. The number of ether oxygens (including phenoxy) is 1. The van der Waals surface area contributed by atoms with Crippen molar-refractivity contribution in [2.45, 2.75) is 18.2 Å². The third-order valence-electron chi connectivity index (χ3n) is 2.15. The fourth-order valence-electron chi connectivity index (χ4n) is 1.39.